The van der Waals surface area contributed by atoms with Crippen molar-refractivity contribution < 1.29 is 14.7 Å². The molecule has 1 unspecified atom stereocenters. The lowest BCUT2D eigenvalue weighted by molar-refractivity contribution is -0.121. The van der Waals surface area contributed by atoms with Gasteiger partial charge in [-0.3, -0.25) is 9.59 Å². The van der Waals surface area contributed by atoms with Crippen molar-refractivity contribution in [2.24, 2.45) is 0 Å². The van der Waals surface area contributed by atoms with Crippen LogP contribution in [0.15, 0.2) is 48.5 Å². The van der Waals surface area contributed by atoms with Crippen molar-refractivity contribution >= 4 is 17.5 Å². The normalized spacial score (nSPS) is 17.9. The van der Waals surface area contributed by atoms with E-state index in [0.29, 0.717) is 12.1 Å². The largest absolute Gasteiger partial charge is 0.508 e. The number of aryl methyl sites for hydroxylation is 1. The van der Waals surface area contributed by atoms with E-state index in [0.717, 1.165) is 11.3 Å². The number of piperazine rings is 1. The first-order chi connectivity index (χ1) is 11.5. The second-order valence-electron chi connectivity index (χ2n) is 6.17. The molecule has 124 valence electrons. The van der Waals surface area contributed by atoms with E-state index in [9.17, 15) is 14.7 Å². The van der Waals surface area contributed by atoms with Gasteiger partial charge in [0.2, 0.25) is 5.91 Å². The van der Waals surface area contributed by atoms with Gasteiger partial charge in [0, 0.05) is 23.8 Å². The molecule has 1 saturated heterocycles. The number of aromatic hydroxyl groups is 1. The van der Waals surface area contributed by atoms with Crippen LogP contribution in [-0.2, 0) is 4.79 Å². The molecule has 1 atom stereocenters. The highest BCUT2D eigenvalue weighted by Gasteiger charge is 2.33. The number of anilines is 1. The molecule has 1 aliphatic rings. The van der Waals surface area contributed by atoms with Gasteiger partial charge in [-0.15, -0.1) is 0 Å². The first-order valence-corrected chi connectivity index (χ1v) is 7.93. The summed E-state index contributed by atoms with van der Waals surface area (Å²) in [5, 5.41) is 9.55. The number of nitrogens with zero attached hydrogens (tertiary/aromatic N) is 2. The van der Waals surface area contributed by atoms with Gasteiger partial charge in [0.25, 0.3) is 5.91 Å². The Morgan fingerprint density at radius 3 is 2.54 bits per heavy atom. The summed E-state index contributed by atoms with van der Waals surface area (Å²) in [6, 6.07) is 13.9. The number of phenolic OH excluding ortho intramolecular Hbond substituents is 1. The molecule has 24 heavy (non-hydrogen) atoms. The number of hydrogen-bond donors (Lipinski definition) is 1. The molecule has 3 rings (SSSR count). The Morgan fingerprint density at radius 1 is 1.17 bits per heavy atom. The van der Waals surface area contributed by atoms with E-state index in [-0.39, 0.29) is 30.2 Å². The lowest BCUT2D eigenvalue weighted by Gasteiger charge is -2.39. The number of carbonyl (C=O) groups is 2. The molecule has 0 aliphatic carbocycles. The molecule has 2 aromatic carbocycles. The van der Waals surface area contributed by atoms with E-state index in [2.05, 4.69) is 0 Å². The third kappa shape index (κ3) is 3.11. The quantitative estimate of drug-likeness (QED) is 0.923. The van der Waals surface area contributed by atoms with Gasteiger partial charge in [-0.05, 0) is 44.2 Å². The van der Waals surface area contributed by atoms with Gasteiger partial charge in [0.15, 0.2) is 0 Å². The monoisotopic (exact) mass is 324 g/mol. The Bertz CT molecular complexity index is 770. The molecule has 0 aromatic heterocycles. The van der Waals surface area contributed by atoms with Crippen LogP contribution in [0.2, 0.25) is 0 Å². The van der Waals surface area contributed by atoms with E-state index < -0.39 is 0 Å². The van der Waals surface area contributed by atoms with Gasteiger partial charge in [-0.1, -0.05) is 23.8 Å². The van der Waals surface area contributed by atoms with Gasteiger partial charge in [0.05, 0.1) is 0 Å². The fraction of sp³-hybridized carbons (Fsp3) is 0.263. The molecule has 5 nitrogen and oxygen atoms in total. The number of carbonyl (C=O) groups excluding carboxylic acids is 2. The van der Waals surface area contributed by atoms with Gasteiger partial charge < -0.3 is 14.9 Å². The summed E-state index contributed by atoms with van der Waals surface area (Å²) < 4.78 is 0. The Kier molecular flexibility index (Phi) is 4.25. The summed E-state index contributed by atoms with van der Waals surface area (Å²) in [6.45, 7) is 4.41. The molecule has 5 heteroatoms. The fourth-order valence-corrected chi connectivity index (χ4v) is 2.90. The van der Waals surface area contributed by atoms with Crippen LogP contribution < -0.4 is 4.90 Å². The molecular formula is C19H20N2O3. The lowest BCUT2D eigenvalue weighted by Crippen LogP contribution is -2.57. The molecular weight excluding hydrogens is 304 g/mol. The van der Waals surface area contributed by atoms with Crippen LogP contribution in [0.25, 0.3) is 0 Å². The number of amides is 2. The molecule has 1 fully saturated rings. The molecule has 0 radical (unpaired) electrons. The fourth-order valence-electron chi connectivity index (χ4n) is 2.90. The van der Waals surface area contributed by atoms with Crippen molar-refractivity contribution in [2.45, 2.75) is 19.9 Å². The van der Waals surface area contributed by atoms with Crippen molar-refractivity contribution in [3.8, 4) is 5.75 Å². The van der Waals surface area contributed by atoms with Gasteiger partial charge in [-0.25, -0.2) is 0 Å². The first kappa shape index (κ1) is 16.1. The molecule has 1 N–H and O–H groups in total. The van der Waals surface area contributed by atoms with Crippen molar-refractivity contribution in [2.75, 3.05) is 18.0 Å². The third-order valence-corrected chi connectivity index (χ3v) is 4.29. The van der Waals surface area contributed by atoms with Gasteiger partial charge in [-0.2, -0.15) is 0 Å². The maximum atomic E-state index is 12.6. The molecule has 1 aliphatic heterocycles. The van der Waals surface area contributed by atoms with Crippen LogP contribution >= 0.6 is 0 Å². The minimum atomic E-state index is -0.240. The molecule has 0 bridgehead atoms. The summed E-state index contributed by atoms with van der Waals surface area (Å²) in [5.74, 6) is -0.307. The average Bonchev–Trinajstić information content (AvgIpc) is 2.57. The van der Waals surface area contributed by atoms with Crippen molar-refractivity contribution in [3.05, 3.63) is 59.7 Å². The average molecular weight is 324 g/mol. The van der Waals surface area contributed by atoms with Crippen LogP contribution in [0.3, 0.4) is 0 Å². The third-order valence-electron chi connectivity index (χ3n) is 4.29. The number of rotatable bonds is 2. The Morgan fingerprint density at radius 2 is 1.88 bits per heavy atom. The van der Waals surface area contributed by atoms with Crippen molar-refractivity contribution in [3.63, 3.8) is 0 Å². The molecule has 2 amide bonds. The maximum Gasteiger partial charge on any atom is 0.254 e. The smallest absolute Gasteiger partial charge is 0.254 e. The zero-order valence-electron chi connectivity index (χ0n) is 13.8. The zero-order chi connectivity index (χ0) is 17.3. The predicted octanol–water partition coefficient (Wildman–Crippen LogP) is 2.58. The topological polar surface area (TPSA) is 60.9 Å². The second-order valence-corrected chi connectivity index (χ2v) is 6.17. The molecule has 0 saturated carbocycles. The predicted molar refractivity (Wildman–Crippen MR) is 92.1 cm³/mol. The Labute approximate surface area is 141 Å². The maximum absolute atomic E-state index is 12.6. The molecule has 0 spiro atoms. The van der Waals surface area contributed by atoms with Crippen molar-refractivity contribution in [1.82, 2.24) is 4.90 Å². The van der Waals surface area contributed by atoms with Crippen LogP contribution in [0.4, 0.5) is 5.69 Å². The highest BCUT2D eigenvalue weighted by molar-refractivity contribution is 6.02. The van der Waals surface area contributed by atoms with Crippen LogP contribution in [0.5, 0.6) is 5.75 Å². The number of benzene rings is 2. The second kappa shape index (κ2) is 6.35. The van der Waals surface area contributed by atoms with Crippen molar-refractivity contribution in [1.29, 1.82) is 0 Å². The number of phenols is 1. The summed E-state index contributed by atoms with van der Waals surface area (Å²) >= 11 is 0. The first-order valence-electron chi connectivity index (χ1n) is 7.93. The Hall–Kier alpha value is -2.82. The minimum absolute atomic E-state index is 0.0313. The van der Waals surface area contributed by atoms with Crippen LogP contribution in [0.1, 0.15) is 22.8 Å². The lowest BCUT2D eigenvalue weighted by atomic mass is 10.1. The van der Waals surface area contributed by atoms with E-state index >= 15 is 0 Å². The van der Waals surface area contributed by atoms with E-state index in [1.807, 2.05) is 38.1 Å². The van der Waals surface area contributed by atoms with E-state index in [1.54, 1.807) is 21.9 Å². The van der Waals surface area contributed by atoms with Gasteiger partial charge >= 0.3 is 0 Å². The van der Waals surface area contributed by atoms with E-state index in [1.165, 1.54) is 12.1 Å². The highest BCUT2D eigenvalue weighted by atomic mass is 16.3. The standard InChI is InChI=1S/C19H20N2O3/c1-13-6-8-16(9-7-13)21-11-14(2)20(12-18(21)23)19(24)15-4-3-5-17(22)10-15/h3-10,14,22H,11-12H2,1-2H3. The minimum Gasteiger partial charge on any atom is -0.508 e. The summed E-state index contributed by atoms with van der Waals surface area (Å²) in [5.41, 5.74) is 2.37. The van der Waals surface area contributed by atoms with Crippen LogP contribution in [-0.4, -0.2) is 41.0 Å². The summed E-state index contributed by atoms with van der Waals surface area (Å²) in [4.78, 5) is 28.4. The number of hydrogen-bond acceptors (Lipinski definition) is 3. The van der Waals surface area contributed by atoms with E-state index in [4.69, 9.17) is 0 Å². The molecule has 1 heterocycles. The van der Waals surface area contributed by atoms with Crippen LogP contribution in [0, 0.1) is 6.92 Å². The summed E-state index contributed by atoms with van der Waals surface area (Å²) in [7, 11) is 0. The SMILES string of the molecule is Cc1ccc(N2CC(C)N(C(=O)c3cccc(O)c3)CC2=O)cc1. The zero-order valence-corrected chi connectivity index (χ0v) is 13.8. The highest BCUT2D eigenvalue weighted by Crippen LogP contribution is 2.22. The molecule has 2 aromatic rings. The summed E-state index contributed by atoms with van der Waals surface area (Å²) in [6.07, 6.45) is 0. The Balaban J connectivity index is 1.79. The van der Waals surface area contributed by atoms with Gasteiger partial charge in [0.1, 0.15) is 12.3 Å².